The first-order valence-corrected chi connectivity index (χ1v) is 10.2. The van der Waals surface area contributed by atoms with Crippen LogP contribution in [0.3, 0.4) is 0 Å². The Hall–Kier alpha value is -2.88. The molecule has 144 valence electrons. The summed E-state index contributed by atoms with van der Waals surface area (Å²) in [5.74, 6) is 0.709. The van der Waals surface area contributed by atoms with Gasteiger partial charge in [-0.25, -0.2) is 0 Å². The third kappa shape index (κ3) is 4.16. The molecule has 4 heteroatoms. The summed E-state index contributed by atoms with van der Waals surface area (Å²) >= 11 is 0. The van der Waals surface area contributed by atoms with E-state index in [1.54, 1.807) is 17.2 Å². The van der Waals surface area contributed by atoms with Crippen LogP contribution < -0.4 is 0 Å². The molecule has 1 fully saturated rings. The summed E-state index contributed by atoms with van der Waals surface area (Å²) in [5.41, 5.74) is 5.97. The van der Waals surface area contributed by atoms with Crippen molar-refractivity contribution < 1.29 is 0 Å². The summed E-state index contributed by atoms with van der Waals surface area (Å²) in [6.45, 7) is 8.75. The van der Waals surface area contributed by atoms with Gasteiger partial charge in [0.1, 0.15) is 0 Å². The maximum absolute atomic E-state index is 4.44. The van der Waals surface area contributed by atoms with Crippen molar-refractivity contribution >= 4 is 5.70 Å². The summed E-state index contributed by atoms with van der Waals surface area (Å²) in [6, 6.07) is 17.2. The normalized spacial score (nSPS) is 16.9. The number of aromatic nitrogens is 3. The van der Waals surface area contributed by atoms with E-state index in [1.165, 1.54) is 30.4 Å². The van der Waals surface area contributed by atoms with Crippen molar-refractivity contribution in [1.29, 1.82) is 0 Å². The maximum Gasteiger partial charge on any atom is 0.0949 e. The Balaban J connectivity index is 1.44. The minimum atomic E-state index is 0.709. The second-order valence-corrected chi connectivity index (χ2v) is 7.76. The lowest BCUT2D eigenvalue weighted by molar-refractivity contribution is 0.237. The molecule has 1 unspecified atom stereocenters. The molecule has 28 heavy (non-hydrogen) atoms. The fraction of sp³-hybridized carbons (Fsp3) is 0.333. The lowest BCUT2D eigenvalue weighted by Gasteiger charge is -2.36. The molecule has 0 radical (unpaired) electrons. The lowest BCUT2D eigenvalue weighted by Crippen LogP contribution is -2.34. The first-order chi connectivity index (χ1) is 13.7. The van der Waals surface area contributed by atoms with Crippen LogP contribution in [-0.2, 0) is 6.42 Å². The summed E-state index contributed by atoms with van der Waals surface area (Å²) in [4.78, 5) is 4.13. The quantitative estimate of drug-likeness (QED) is 0.618. The number of hydrogen-bond donors (Lipinski definition) is 0. The smallest absolute Gasteiger partial charge is 0.0949 e. The predicted octanol–water partition coefficient (Wildman–Crippen LogP) is 4.89. The van der Waals surface area contributed by atoms with Gasteiger partial charge in [0.05, 0.1) is 18.1 Å². The summed E-state index contributed by atoms with van der Waals surface area (Å²) in [6.07, 6.45) is 8.33. The van der Waals surface area contributed by atoms with Crippen LogP contribution >= 0.6 is 0 Å². The van der Waals surface area contributed by atoms with E-state index in [4.69, 9.17) is 0 Å². The van der Waals surface area contributed by atoms with Gasteiger partial charge in [0, 0.05) is 24.4 Å². The van der Waals surface area contributed by atoms with Crippen LogP contribution in [-0.4, -0.2) is 33.0 Å². The number of likely N-dealkylation sites (tertiary alicyclic amines) is 1. The third-order valence-electron chi connectivity index (χ3n) is 5.67. The van der Waals surface area contributed by atoms with Gasteiger partial charge in [0.2, 0.25) is 0 Å². The molecule has 0 saturated carbocycles. The predicted molar refractivity (Wildman–Crippen MR) is 114 cm³/mol. The van der Waals surface area contributed by atoms with Gasteiger partial charge >= 0.3 is 0 Å². The van der Waals surface area contributed by atoms with Crippen LogP contribution in [0.1, 0.15) is 36.0 Å². The number of para-hydroxylation sites is 1. The first-order valence-electron chi connectivity index (χ1n) is 10.2. The van der Waals surface area contributed by atoms with E-state index in [9.17, 15) is 0 Å². The Morgan fingerprint density at radius 2 is 1.93 bits per heavy atom. The van der Waals surface area contributed by atoms with Gasteiger partial charge in [-0.15, -0.1) is 0 Å². The largest absolute Gasteiger partial charge is 0.371 e. The van der Waals surface area contributed by atoms with Crippen LogP contribution in [0.15, 0.2) is 67.5 Å². The molecule has 0 bridgehead atoms. The molecule has 1 saturated heterocycles. The van der Waals surface area contributed by atoms with E-state index in [-0.39, 0.29) is 0 Å². The maximum atomic E-state index is 4.44. The molecule has 0 aliphatic carbocycles. The highest BCUT2D eigenvalue weighted by atomic mass is 15.5. The van der Waals surface area contributed by atoms with E-state index in [0.717, 1.165) is 36.5 Å². The Kier molecular flexibility index (Phi) is 5.56. The van der Waals surface area contributed by atoms with Gasteiger partial charge in [-0.3, -0.25) is 0 Å². The van der Waals surface area contributed by atoms with Crippen LogP contribution in [0.2, 0.25) is 0 Å². The monoisotopic (exact) mass is 372 g/mol. The SMILES string of the molecule is C=C(c1ccccc1-n1nccn1)N1CCCC(CCc2cccc(C)c2)C1. The zero-order chi connectivity index (χ0) is 19.3. The average Bonchev–Trinajstić information content (AvgIpc) is 3.27. The Morgan fingerprint density at radius 3 is 2.75 bits per heavy atom. The molecule has 0 spiro atoms. The van der Waals surface area contributed by atoms with E-state index in [2.05, 4.69) is 71.1 Å². The standard InChI is InChI=1S/C24H28N4/c1-19-7-5-8-21(17-19)12-13-22-9-6-16-27(18-22)20(2)23-10-3-4-11-24(23)28-25-14-15-26-28/h3-5,7-8,10-11,14-15,17,22H,2,6,9,12-13,16,18H2,1H3. The number of nitrogens with zero attached hydrogens (tertiary/aromatic N) is 4. The number of benzene rings is 2. The van der Waals surface area contributed by atoms with E-state index in [0.29, 0.717) is 5.92 Å². The summed E-state index contributed by atoms with van der Waals surface area (Å²) < 4.78 is 0. The number of rotatable bonds is 6. The van der Waals surface area contributed by atoms with Crippen molar-refractivity contribution in [3.63, 3.8) is 0 Å². The van der Waals surface area contributed by atoms with Crippen molar-refractivity contribution in [1.82, 2.24) is 19.9 Å². The second-order valence-electron chi connectivity index (χ2n) is 7.76. The van der Waals surface area contributed by atoms with Gasteiger partial charge in [-0.05, 0) is 50.2 Å². The Labute approximate surface area is 167 Å². The van der Waals surface area contributed by atoms with Crippen LogP contribution in [0.5, 0.6) is 0 Å². The first kappa shape index (κ1) is 18.5. The fourth-order valence-electron chi connectivity index (χ4n) is 4.19. The molecule has 1 aliphatic rings. The molecule has 1 aliphatic heterocycles. The zero-order valence-electron chi connectivity index (χ0n) is 16.6. The van der Waals surface area contributed by atoms with E-state index in [1.807, 2.05) is 6.07 Å². The molecule has 4 rings (SSSR count). The molecule has 0 amide bonds. The van der Waals surface area contributed by atoms with Gasteiger partial charge in [0.25, 0.3) is 0 Å². The Bertz CT molecular complexity index is 929. The molecule has 4 nitrogen and oxygen atoms in total. The molecule has 1 atom stereocenters. The van der Waals surface area contributed by atoms with Crippen molar-refractivity contribution in [3.8, 4) is 5.69 Å². The molecule has 1 aromatic heterocycles. The highest BCUT2D eigenvalue weighted by Crippen LogP contribution is 2.30. The lowest BCUT2D eigenvalue weighted by atomic mass is 9.90. The van der Waals surface area contributed by atoms with Crippen LogP contribution in [0.4, 0.5) is 0 Å². The minimum absolute atomic E-state index is 0.709. The number of aryl methyl sites for hydroxylation is 2. The van der Waals surface area contributed by atoms with Gasteiger partial charge < -0.3 is 4.90 Å². The summed E-state index contributed by atoms with van der Waals surface area (Å²) in [5, 5.41) is 8.61. The van der Waals surface area contributed by atoms with E-state index >= 15 is 0 Å². The van der Waals surface area contributed by atoms with Crippen LogP contribution in [0.25, 0.3) is 11.4 Å². The minimum Gasteiger partial charge on any atom is -0.371 e. The fourth-order valence-corrected chi connectivity index (χ4v) is 4.19. The highest BCUT2D eigenvalue weighted by Gasteiger charge is 2.22. The zero-order valence-corrected chi connectivity index (χ0v) is 16.6. The van der Waals surface area contributed by atoms with Crippen molar-refractivity contribution in [2.75, 3.05) is 13.1 Å². The molecular formula is C24H28N4. The van der Waals surface area contributed by atoms with Crippen molar-refractivity contribution in [3.05, 3.63) is 84.2 Å². The Morgan fingerprint density at radius 1 is 1.11 bits per heavy atom. The van der Waals surface area contributed by atoms with Gasteiger partial charge in [-0.1, -0.05) is 54.6 Å². The molecule has 2 aromatic carbocycles. The molecule has 2 heterocycles. The van der Waals surface area contributed by atoms with Gasteiger partial charge in [0.15, 0.2) is 0 Å². The average molecular weight is 373 g/mol. The van der Waals surface area contributed by atoms with Crippen molar-refractivity contribution in [2.24, 2.45) is 5.92 Å². The van der Waals surface area contributed by atoms with E-state index < -0.39 is 0 Å². The molecule has 3 aromatic rings. The topological polar surface area (TPSA) is 34.0 Å². The molecular weight excluding hydrogens is 344 g/mol. The van der Waals surface area contributed by atoms with Crippen LogP contribution in [0, 0.1) is 12.8 Å². The van der Waals surface area contributed by atoms with Gasteiger partial charge in [-0.2, -0.15) is 15.0 Å². The second kappa shape index (κ2) is 8.42. The van der Waals surface area contributed by atoms with Crippen molar-refractivity contribution in [2.45, 2.75) is 32.6 Å². The molecule has 0 N–H and O–H groups in total. The number of hydrogen-bond acceptors (Lipinski definition) is 3. The third-order valence-corrected chi connectivity index (χ3v) is 5.67. The number of piperidine rings is 1. The summed E-state index contributed by atoms with van der Waals surface area (Å²) in [7, 11) is 0. The highest BCUT2D eigenvalue weighted by molar-refractivity contribution is 5.69.